The zero-order chi connectivity index (χ0) is 49.1. The molecular formula is C66H66BN2O. The molecule has 0 fully saturated rings. The molecule has 4 heteroatoms. The molecule has 70 heavy (non-hydrogen) atoms. The summed E-state index contributed by atoms with van der Waals surface area (Å²) in [5.41, 5.74) is 25.0. The fourth-order valence-corrected chi connectivity index (χ4v) is 11.5. The van der Waals surface area contributed by atoms with Crippen molar-refractivity contribution >= 4 is 68.6 Å². The van der Waals surface area contributed by atoms with Gasteiger partial charge in [0.2, 0.25) is 0 Å². The van der Waals surface area contributed by atoms with Gasteiger partial charge in [-0.25, -0.2) is 0 Å². The van der Waals surface area contributed by atoms with Gasteiger partial charge in [0.15, 0.2) is 7.28 Å². The van der Waals surface area contributed by atoms with E-state index in [4.69, 9.17) is 4.42 Å². The number of benzene rings is 8. The maximum atomic E-state index is 6.68. The van der Waals surface area contributed by atoms with Gasteiger partial charge in [0.05, 0.1) is 5.69 Å². The Hall–Kier alpha value is -6.78. The van der Waals surface area contributed by atoms with Crippen molar-refractivity contribution in [3.8, 4) is 33.4 Å². The van der Waals surface area contributed by atoms with Gasteiger partial charge in [0.1, 0.15) is 11.2 Å². The van der Waals surface area contributed by atoms with Gasteiger partial charge in [-0.3, -0.25) is 0 Å². The highest BCUT2D eigenvalue weighted by atomic mass is 16.3. The molecule has 0 saturated heterocycles. The molecule has 349 valence electrons. The number of aryl methyl sites for hydroxylation is 2. The first kappa shape index (κ1) is 45.7. The summed E-state index contributed by atoms with van der Waals surface area (Å²) < 4.78 is 6.68. The first-order valence-electron chi connectivity index (χ1n) is 25.4. The van der Waals surface area contributed by atoms with Crippen LogP contribution in [-0.2, 0) is 21.7 Å². The van der Waals surface area contributed by atoms with E-state index in [9.17, 15) is 0 Å². The highest BCUT2D eigenvalue weighted by Gasteiger charge is 2.39. The number of hydrogen-bond acceptors (Lipinski definition) is 3. The Labute approximate surface area is 417 Å². The van der Waals surface area contributed by atoms with Crippen LogP contribution in [0.2, 0.25) is 0 Å². The van der Waals surface area contributed by atoms with Crippen molar-refractivity contribution in [1.29, 1.82) is 0 Å². The molecule has 2 heterocycles. The van der Waals surface area contributed by atoms with E-state index in [-0.39, 0.29) is 21.7 Å². The Kier molecular flexibility index (Phi) is 10.7. The normalized spacial score (nSPS) is 15.1. The van der Waals surface area contributed by atoms with E-state index in [0.29, 0.717) is 0 Å². The van der Waals surface area contributed by atoms with Crippen LogP contribution in [0.25, 0.3) is 55.3 Å². The summed E-state index contributed by atoms with van der Waals surface area (Å²) in [4.78, 5) is 2.57. The number of furan rings is 1. The summed E-state index contributed by atoms with van der Waals surface area (Å²) in [6.07, 6.45) is 2.26. The van der Waals surface area contributed by atoms with Crippen LogP contribution in [-0.4, -0.2) is 7.28 Å². The lowest BCUT2D eigenvalue weighted by atomic mass is 9.56. The molecule has 11 rings (SSSR count). The highest BCUT2D eigenvalue weighted by molar-refractivity contribution is 6.76. The van der Waals surface area contributed by atoms with Crippen LogP contribution in [0.15, 0.2) is 156 Å². The average molecular weight is 914 g/mol. The third-order valence-electron chi connectivity index (χ3n) is 15.8. The van der Waals surface area contributed by atoms with E-state index >= 15 is 0 Å². The van der Waals surface area contributed by atoms with Crippen LogP contribution in [0.1, 0.15) is 115 Å². The van der Waals surface area contributed by atoms with Gasteiger partial charge in [-0.05, 0) is 182 Å². The van der Waals surface area contributed by atoms with Gasteiger partial charge in [-0.2, -0.15) is 0 Å². The molecule has 0 amide bonds. The van der Waals surface area contributed by atoms with Gasteiger partial charge < -0.3 is 14.6 Å². The Balaban J connectivity index is 1.28. The minimum Gasteiger partial charge on any atom is -0.456 e. The number of hydrogen-bond donors (Lipinski definition) is 1. The monoisotopic (exact) mass is 914 g/mol. The van der Waals surface area contributed by atoms with Crippen molar-refractivity contribution in [2.24, 2.45) is 0 Å². The van der Waals surface area contributed by atoms with Crippen molar-refractivity contribution < 1.29 is 4.42 Å². The summed E-state index contributed by atoms with van der Waals surface area (Å²) in [5.74, 6) is 0. The van der Waals surface area contributed by atoms with E-state index in [2.05, 4.69) is 252 Å². The Morgan fingerprint density at radius 1 is 0.514 bits per heavy atom. The van der Waals surface area contributed by atoms with Crippen LogP contribution >= 0.6 is 0 Å². The average Bonchev–Trinajstić information content (AvgIpc) is 3.71. The van der Waals surface area contributed by atoms with E-state index < -0.39 is 0 Å². The molecule has 2 aliphatic rings. The lowest BCUT2D eigenvalue weighted by Crippen LogP contribution is -2.41. The van der Waals surface area contributed by atoms with Gasteiger partial charge in [-0.15, -0.1) is 0 Å². The topological polar surface area (TPSA) is 28.4 Å². The van der Waals surface area contributed by atoms with Gasteiger partial charge in [0, 0.05) is 44.6 Å². The molecule has 3 nitrogen and oxygen atoms in total. The summed E-state index contributed by atoms with van der Waals surface area (Å²) in [6, 6.07) is 57.0. The lowest BCUT2D eigenvalue weighted by Gasteiger charge is -2.43. The number of para-hydroxylation sites is 1. The molecule has 1 aromatic heterocycles. The zero-order valence-corrected chi connectivity index (χ0v) is 43.3. The van der Waals surface area contributed by atoms with Crippen LogP contribution < -0.4 is 21.1 Å². The van der Waals surface area contributed by atoms with Gasteiger partial charge >= 0.3 is 0 Å². The third kappa shape index (κ3) is 7.75. The summed E-state index contributed by atoms with van der Waals surface area (Å²) in [6.45, 7) is 28.1. The smallest absolute Gasteiger partial charge is 0.198 e. The van der Waals surface area contributed by atoms with Crippen LogP contribution in [0.4, 0.5) is 28.4 Å². The zero-order valence-electron chi connectivity index (χ0n) is 43.3. The molecular weight excluding hydrogens is 848 g/mol. The maximum absolute atomic E-state index is 6.68. The maximum Gasteiger partial charge on any atom is 0.198 e. The van der Waals surface area contributed by atoms with E-state index in [0.717, 1.165) is 68.7 Å². The fourth-order valence-electron chi connectivity index (χ4n) is 11.5. The SMILES string of the molecule is Cc1cccc(C)c1-c1cc(-c2cc3c(cc2Nc2ccc(C(C)(C)C)cc2)C(C)(C)CCC3(C)C)c2c(c1)N(c1ccc(C(C)(C)C)cc1-c1ccccc1)c1ccc3oc4ccccc4c3c1[B]2. The molecule has 0 spiro atoms. The third-order valence-corrected chi connectivity index (χ3v) is 15.8. The molecule has 0 saturated carbocycles. The van der Waals surface area contributed by atoms with E-state index in [1.165, 1.54) is 72.2 Å². The van der Waals surface area contributed by atoms with Crippen LogP contribution in [0, 0.1) is 13.8 Å². The van der Waals surface area contributed by atoms with Crippen molar-refractivity contribution in [3.05, 3.63) is 185 Å². The molecule has 1 N–H and O–H groups in total. The van der Waals surface area contributed by atoms with Gasteiger partial charge in [0.25, 0.3) is 0 Å². The molecule has 9 aromatic rings. The molecule has 8 aromatic carbocycles. The summed E-state index contributed by atoms with van der Waals surface area (Å²) in [7, 11) is 2.48. The predicted octanol–water partition coefficient (Wildman–Crippen LogP) is 17.3. The minimum atomic E-state index is -0.0522. The lowest BCUT2D eigenvalue weighted by molar-refractivity contribution is 0.332. The number of fused-ring (bicyclic) bond motifs is 7. The first-order valence-corrected chi connectivity index (χ1v) is 25.4. The summed E-state index contributed by atoms with van der Waals surface area (Å²) in [5, 5.41) is 6.32. The van der Waals surface area contributed by atoms with Crippen molar-refractivity contribution in [2.75, 3.05) is 10.2 Å². The fraction of sp³-hybridized carbons (Fsp3) is 0.273. The van der Waals surface area contributed by atoms with Crippen molar-refractivity contribution in [3.63, 3.8) is 0 Å². The second kappa shape index (κ2) is 16.4. The summed E-state index contributed by atoms with van der Waals surface area (Å²) >= 11 is 0. The van der Waals surface area contributed by atoms with Gasteiger partial charge in [-0.1, -0.05) is 154 Å². The second-order valence-electron chi connectivity index (χ2n) is 23.7. The second-order valence-corrected chi connectivity index (χ2v) is 23.7. The Morgan fingerprint density at radius 3 is 1.83 bits per heavy atom. The Bertz CT molecular complexity index is 3500. The predicted molar refractivity (Wildman–Crippen MR) is 302 cm³/mol. The first-order chi connectivity index (χ1) is 33.3. The standard InChI is InChI=1S/C66H66BN2O/c1-40-19-18-20-41(2)59(40)43-35-50(49-38-51-52(66(11,12)34-33-65(51,9)10)39-53(49)68-46-28-25-44(26-29-46)63(3,4)5)61-56(36-43)69(54-30-27-45(64(6,7)8)37-48(54)42-21-14-13-15-22-42)55-31-32-58-60(62(55)67-61)47-23-16-17-24-57(47)70-58/h13-32,35-39,68H,33-34H2,1-12H3. The van der Waals surface area contributed by atoms with Crippen LogP contribution in [0.5, 0.6) is 0 Å². The Morgan fingerprint density at radius 2 is 1.14 bits per heavy atom. The number of rotatable bonds is 6. The van der Waals surface area contributed by atoms with E-state index in [1.807, 2.05) is 0 Å². The molecule has 1 radical (unpaired) electrons. The minimum absolute atomic E-state index is 0.0122. The molecule has 1 aliphatic heterocycles. The van der Waals surface area contributed by atoms with Crippen molar-refractivity contribution in [2.45, 2.75) is 118 Å². The number of nitrogens with zero attached hydrogens (tertiary/aromatic N) is 1. The quantitative estimate of drug-likeness (QED) is 0.169. The highest BCUT2D eigenvalue weighted by Crippen LogP contribution is 2.52. The van der Waals surface area contributed by atoms with Crippen LogP contribution in [0.3, 0.4) is 0 Å². The molecule has 0 unspecified atom stereocenters. The van der Waals surface area contributed by atoms with E-state index in [1.54, 1.807) is 0 Å². The molecule has 0 bridgehead atoms. The molecule has 1 aliphatic carbocycles. The molecule has 0 atom stereocenters. The van der Waals surface area contributed by atoms with Crippen molar-refractivity contribution in [1.82, 2.24) is 0 Å². The largest absolute Gasteiger partial charge is 0.456 e. The number of anilines is 5. The number of nitrogens with one attached hydrogen (secondary N) is 1.